The Hall–Kier alpha value is -2.89. The van der Waals surface area contributed by atoms with Crippen LogP contribution in [0.5, 0.6) is 0 Å². The first-order valence-electron chi connectivity index (χ1n) is 11.1. The molecule has 0 radical (unpaired) electrons. The van der Waals surface area contributed by atoms with Crippen LogP contribution in [0, 0.1) is 17.8 Å². The first-order valence-corrected chi connectivity index (χ1v) is 11.1. The molecule has 4 atom stereocenters. The molecule has 0 aromatic heterocycles. The van der Waals surface area contributed by atoms with E-state index >= 15 is 0 Å². The number of carbonyl (C=O) groups is 4. The van der Waals surface area contributed by atoms with E-state index in [-0.39, 0.29) is 36.7 Å². The third kappa shape index (κ3) is 11.0. The smallest absolute Gasteiger partial charge is 0.326 e. The zero-order valence-corrected chi connectivity index (χ0v) is 20.4. The van der Waals surface area contributed by atoms with Gasteiger partial charge >= 0.3 is 5.97 Å². The van der Waals surface area contributed by atoms with E-state index in [0.717, 1.165) is 0 Å². The Bertz CT molecular complexity index is 705. The van der Waals surface area contributed by atoms with Gasteiger partial charge in [-0.3, -0.25) is 19.4 Å². The minimum atomic E-state index is -1.21. The molecule has 12 heteroatoms. The van der Waals surface area contributed by atoms with Gasteiger partial charge in [0.25, 0.3) is 0 Å². The Balaban J connectivity index is 5.31. The van der Waals surface area contributed by atoms with Gasteiger partial charge in [0, 0.05) is 6.54 Å². The highest BCUT2D eigenvalue weighted by molar-refractivity contribution is 5.94. The van der Waals surface area contributed by atoms with Crippen molar-refractivity contribution in [2.24, 2.45) is 39.9 Å². The summed E-state index contributed by atoms with van der Waals surface area (Å²) in [6, 6.07) is -3.87. The molecule has 0 aliphatic carbocycles. The van der Waals surface area contributed by atoms with Crippen molar-refractivity contribution >= 4 is 29.7 Å². The Kier molecular flexibility index (Phi) is 13.0. The molecule has 0 spiro atoms. The summed E-state index contributed by atoms with van der Waals surface area (Å²) >= 11 is 0. The largest absolute Gasteiger partial charge is 0.480 e. The summed E-state index contributed by atoms with van der Waals surface area (Å²) in [5, 5.41) is 17.2. The average molecular weight is 472 g/mol. The van der Waals surface area contributed by atoms with Crippen molar-refractivity contribution in [3.8, 4) is 0 Å². The fourth-order valence-electron chi connectivity index (χ4n) is 2.89. The number of hydrogen-bond donors (Lipinski definition) is 7. The van der Waals surface area contributed by atoms with Gasteiger partial charge in [0.2, 0.25) is 17.7 Å². The molecule has 0 saturated heterocycles. The van der Waals surface area contributed by atoms with Crippen LogP contribution in [0.25, 0.3) is 0 Å². The van der Waals surface area contributed by atoms with E-state index in [9.17, 15) is 24.3 Å². The molecule has 0 rings (SSSR count). The summed E-state index contributed by atoms with van der Waals surface area (Å²) in [6.45, 7) is 10.8. The van der Waals surface area contributed by atoms with Crippen LogP contribution in [0.3, 0.4) is 0 Å². The van der Waals surface area contributed by atoms with Gasteiger partial charge in [-0.1, -0.05) is 41.5 Å². The summed E-state index contributed by atoms with van der Waals surface area (Å²) in [6.07, 6.45) is 0.444. The molecule has 0 aromatic carbocycles. The minimum absolute atomic E-state index is 0.102. The van der Waals surface area contributed by atoms with E-state index in [1.807, 2.05) is 0 Å². The zero-order valence-electron chi connectivity index (χ0n) is 20.4. The van der Waals surface area contributed by atoms with Crippen LogP contribution in [-0.2, 0) is 19.2 Å². The molecule has 0 saturated carbocycles. The first kappa shape index (κ1) is 30.1. The summed E-state index contributed by atoms with van der Waals surface area (Å²) in [4.78, 5) is 53.5. The number of carbonyl (C=O) groups excluding carboxylic acids is 3. The second-order valence-corrected chi connectivity index (χ2v) is 9.08. The maximum Gasteiger partial charge on any atom is 0.326 e. The van der Waals surface area contributed by atoms with Crippen LogP contribution in [-0.4, -0.2) is 65.5 Å². The van der Waals surface area contributed by atoms with Gasteiger partial charge in [0.05, 0.1) is 6.04 Å². The van der Waals surface area contributed by atoms with Gasteiger partial charge in [0.1, 0.15) is 18.1 Å². The van der Waals surface area contributed by atoms with Crippen molar-refractivity contribution in [2.45, 2.75) is 78.6 Å². The molecule has 0 bridgehead atoms. The van der Waals surface area contributed by atoms with E-state index in [4.69, 9.17) is 17.2 Å². The molecule has 3 amide bonds. The molecule has 10 N–H and O–H groups in total. The Morgan fingerprint density at radius 2 is 1.24 bits per heavy atom. The standard InChI is InChI=1S/C21H41N7O5/c1-10(2)14(22)17(29)27-16(12(5)6)19(31)28-15(11(3)4)18(30)26-13(20(32)33)8-7-9-25-21(23)24/h10-16H,7-9,22H2,1-6H3,(H,26,30)(H,27,29)(H,28,31)(H,32,33)(H4,23,24,25). The lowest BCUT2D eigenvalue weighted by molar-refractivity contribution is -0.143. The summed E-state index contributed by atoms with van der Waals surface area (Å²) in [7, 11) is 0. The number of carboxylic acids is 1. The quantitative estimate of drug-likeness (QED) is 0.0932. The number of nitrogens with two attached hydrogens (primary N) is 3. The van der Waals surface area contributed by atoms with Crippen LogP contribution in [0.1, 0.15) is 54.4 Å². The van der Waals surface area contributed by atoms with Crippen molar-refractivity contribution in [3.05, 3.63) is 0 Å². The maximum absolute atomic E-state index is 12.9. The normalized spacial score (nSPS) is 14.8. The van der Waals surface area contributed by atoms with Crippen LogP contribution in [0.2, 0.25) is 0 Å². The molecule has 12 nitrogen and oxygen atoms in total. The molecule has 4 unspecified atom stereocenters. The third-order valence-electron chi connectivity index (χ3n) is 5.07. The van der Waals surface area contributed by atoms with Crippen molar-refractivity contribution in [1.82, 2.24) is 16.0 Å². The van der Waals surface area contributed by atoms with Crippen LogP contribution in [0.4, 0.5) is 0 Å². The number of nitrogens with zero attached hydrogens (tertiary/aromatic N) is 1. The van der Waals surface area contributed by atoms with Crippen molar-refractivity contribution in [2.75, 3.05) is 6.54 Å². The molecular weight excluding hydrogens is 430 g/mol. The number of aliphatic carboxylic acids is 1. The first-order chi connectivity index (χ1) is 15.2. The lowest BCUT2D eigenvalue weighted by Gasteiger charge is -2.29. The van der Waals surface area contributed by atoms with Crippen molar-refractivity contribution in [1.29, 1.82) is 0 Å². The molecule has 0 fully saturated rings. The monoisotopic (exact) mass is 471 g/mol. The highest BCUT2D eigenvalue weighted by Gasteiger charge is 2.33. The molecule has 33 heavy (non-hydrogen) atoms. The fraction of sp³-hybridized carbons (Fsp3) is 0.762. The number of rotatable bonds is 14. The highest BCUT2D eigenvalue weighted by Crippen LogP contribution is 2.09. The predicted octanol–water partition coefficient (Wildman–Crippen LogP) is -1.13. The summed E-state index contributed by atoms with van der Waals surface area (Å²) < 4.78 is 0. The lowest BCUT2D eigenvalue weighted by atomic mass is 9.98. The van der Waals surface area contributed by atoms with Gasteiger partial charge in [0.15, 0.2) is 5.96 Å². The van der Waals surface area contributed by atoms with E-state index in [1.165, 1.54) is 0 Å². The molecular formula is C21H41N7O5. The number of carboxylic acid groups (broad SMARTS) is 1. The van der Waals surface area contributed by atoms with Crippen molar-refractivity contribution < 1.29 is 24.3 Å². The number of nitrogens with one attached hydrogen (secondary N) is 3. The highest BCUT2D eigenvalue weighted by atomic mass is 16.4. The number of aliphatic imine (C=N–C) groups is 1. The number of guanidine groups is 1. The van der Waals surface area contributed by atoms with Crippen LogP contribution in [0.15, 0.2) is 4.99 Å². The molecule has 0 aromatic rings. The minimum Gasteiger partial charge on any atom is -0.480 e. The van der Waals surface area contributed by atoms with Gasteiger partial charge < -0.3 is 38.3 Å². The molecule has 0 aliphatic heterocycles. The predicted molar refractivity (Wildman–Crippen MR) is 126 cm³/mol. The van der Waals surface area contributed by atoms with Gasteiger partial charge in [-0.2, -0.15) is 0 Å². The van der Waals surface area contributed by atoms with Gasteiger partial charge in [-0.05, 0) is 30.6 Å². The molecule has 190 valence electrons. The Labute approximate surface area is 195 Å². The van der Waals surface area contributed by atoms with Gasteiger partial charge in [-0.15, -0.1) is 0 Å². The second-order valence-electron chi connectivity index (χ2n) is 9.08. The van der Waals surface area contributed by atoms with E-state index in [2.05, 4.69) is 20.9 Å². The Morgan fingerprint density at radius 3 is 1.64 bits per heavy atom. The lowest BCUT2D eigenvalue weighted by Crippen LogP contribution is -2.59. The van der Waals surface area contributed by atoms with E-state index in [0.29, 0.717) is 6.42 Å². The number of amides is 3. The van der Waals surface area contributed by atoms with E-state index in [1.54, 1.807) is 41.5 Å². The molecule has 0 heterocycles. The van der Waals surface area contributed by atoms with Crippen LogP contribution >= 0.6 is 0 Å². The van der Waals surface area contributed by atoms with E-state index < -0.39 is 47.9 Å². The topological polar surface area (TPSA) is 215 Å². The van der Waals surface area contributed by atoms with Crippen molar-refractivity contribution in [3.63, 3.8) is 0 Å². The van der Waals surface area contributed by atoms with Crippen LogP contribution < -0.4 is 33.2 Å². The Morgan fingerprint density at radius 1 is 0.788 bits per heavy atom. The maximum atomic E-state index is 12.9. The fourth-order valence-corrected chi connectivity index (χ4v) is 2.89. The zero-order chi connectivity index (χ0) is 25.9. The third-order valence-corrected chi connectivity index (χ3v) is 5.07. The molecule has 0 aliphatic rings. The average Bonchev–Trinajstić information content (AvgIpc) is 2.70. The second kappa shape index (κ2) is 14.3. The summed E-state index contributed by atoms with van der Waals surface area (Å²) in [5.74, 6) is -3.70. The number of hydrogen-bond acceptors (Lipinski definition) is 6. The van der Waals surface area contributed by atoms with Gasteiger partial charge in [-0.25, -0.2) is 4.79 Å². The SMILES string of the molecule is CC(C)C(N)C(=O)NC(C(=O)NC(C(=O)NC(CCCN=C(N)N)C(=O)O)C(C)C)C(C)C. The summed E-state index contributed by atoms with van der Waals surface area (Å²) in [5.41, 5.74) is 16.4.